The summed E-state index contributed by atoms with van der Waals surface area (Å²) in [4.78, 5) is 38.0. The quantitative estimate of drug-likeness (QED) is 0.148. The van der Waals surface area contributed by atoms with E-state index in [0.717, 1.165) is 118 Å². The molecule has 0 unspecified atom stereocenters. The Bertz CT molecular complexity index is 6650. The third-order valence-electron chi connectivity index (χ3n) is 19.8. The third-order valence-corrected chi connectivity index (χ3v) is 19.8. The zero-order chi connectivity index (χ0) is 72.9. The minimum absolute atomic E-state index is 0.786. The lowest BCUT2D eigenvalue weighted by Crippen LogP contribution is -1.96. The summed E-state index contributed by atoms with van der Waals surface area (Å²) < 4.78 is 0. The van der Waals surface area contributed by atoms with E-state index in [1.54, 1.807) is 0 Å². The average Bonchev–Trinajstić information content (AvgIpc) is 0.771. The van der Waals surface area contributed by atoms with Crippen LogP contribution in [0.4, 0.5) is 0 Å². The predicted molar refractivity (Wildman–Crippen MR) is 451 cm³/mol. The number of aryl methyl sites for hydroxylation is 4. The maximum Gasteiger partial charge on any atom is 0.126 e. The zero-order valence-electron chi connectivity index (χ0n) is 60.2. The number of nitrogens with zero attached hydrogens (tertiary/aromatic N) is 8. The van der Waals surface area contributed by atoms with Crippen LogP contribution >= 0.6 is 0 Å². The van der Waals surface area contributed by atoms with Crippen LogP contribution in [0.2, 0.25) is 0 Å². The van der Waals surface area contributed by atoms with Gasteiger partial charge in [0.05, 0.1) is 44.8 Å². The van der Waals surface area contributed by atoms with Gasteiger partial charge in [0, 0.05) is 49.4 Å². The number of hydrogen-bond donors (Lipinski definition) is 0. The van der Waals surface area contributed by atoms with E-state index in [4.69, 9.17) is 34.9 Å². The number of rotatable bonds is 8. The first kappa shape index (κ1) is 67.1. The van der Waals surface area contributed by atoms with Gasteiger partial charge in [0.25, 0.3) is 0 Å². The predicted octanol–water partition coefficient (Wildman–Crippen LogP) is 25.7. The molecule has 0 aliphatic carbocycles. The summed E-state index contributed by atoms with van der Waals surface area (Å²) in [6.07, 6.45) is 0. The summed E-state index contributed by atoms with van der Waals surface area (Å²) in [7, 11) is 0. The molecule has 0 N–H and O–H groups in total. The molecule has 0 aliphatic rings. The van der Waals surface area contributed by atoms with Gasteiger partial charge in [-0.25, -0.2) is 39.9 Å². The second-order valence-electron chi connectivity index (χ2n) is 26.9. The number of benzene rings is 16. The Morgan fingerprint density at radius 1 is 0.167 bits per heavy atom. The van der Waals surface area contributed by atoms with E-state index >= 15 is 0 Å². The first-order valence-corrected chi connectivity index (χ1v) is 36.5. The van der Waals surface area contributed by atoms with Crippen LogP contribution in [0, 0.1) is 27.7 Å². The summed E-state index contributed by atoms with van der Waals surface area (Å²) in [6, 6.07) is 127. The second kappa shape index (κ2) is 29.9. The van der Waals surface area contributed by atoms with Crippen molar-refractivity contribution in [3.63, 3.8) is 0 Å². The lowest BCUT2D eigenvalue weighted by Gasteiger charge is -2.14. The molecule has 0 atom stereocenters. The fourth-order valence-electron chi connectivity index (χ4n) is 15.0. The first-order valence-electron chi connectivity index (χ1n) is 36.5. The molecule has 0 saturated heterocycles. The molecule has 20 rings (SSSR count). The van der Waals surface area contributed by atoms with Crippen molar-refractivity contribution in [2.75, 3.05) is 0 Å². The molecule has 8 heteroatoms. The van der Waals surface area contributed by atoms with Crippen molar-refractivity contribution in [3.05, 3.63) is 387 Å². The highest BCUT2D eigenvalue weighted by Gasteiger charge is 2.19. The van der Waals surface area contributed by atoms with Crippen LogP contribution < -0.4 is 0 Å². The summed E-state index contributed by atoms with van der Waals surface area (Å²) in [5.41, 5.74) is 21.9. The molecule has 20 aromatic rings. The van der Waals surface area contributed by atoms with Crippen LogP contribution in [0.3, 0.4) is 0 Å². The molecule has 0 aliphatic heterocycles. The molecule has 16 aromatic carbocycles. The molecule has 0 fully saturated rings. The molecule has 0 spiro atoms. The smallest absolute Gasteiger partial charge is 0.126 e. The first-order chi connectivity index (χ1) is 53.2. The van der Waals surface area contributed by atoms with E-state index in [-0.39, 0.29) is 0 Å². The normalized spacial score (nSPS) is 11.1. The van der Waals surface area contributed by atoms with Crippen molar-refractivity contribution in [1.29, 1.82) is 0 Å². The molecular formula is C100H72N8. The number of para-hydroxylation sites is 1. The van der Waals surface area contributed by atoms with E-state index in [9.17, 15) is 0 Å². The van der Waals surface area contributed by atoms with Gasteiger partial charge in [0.15, 0.2) is 0 Å². The molecule has 8 nitrogen and oxygen atoms in total. The van der Waals surface area contributed by atoms with Gasteiger partial charge in [-0.05, 0) is 140 Å². The van der Waals surface area contributed by atoms with Gasteiger partial charge < -0.3 is 0 Å². The minimum atomic E-state index is 0.786. The molecule has 0 amide bonds. The van der Waals surface area contributed by atoms with Crippen LogP contribution in [0.1, 0.15) is 23.3 Å². The fraction of sp³-hybridized carbons (Fsp3) is 0.0400. The van der Waals surface area contributed by atoms with Gasteiger partial charge in [-0.2, -0.15) is 0 Å². The number of aromatic nitrogens is 8. The Kier molecular flexibility index (Phi) is 18.6. The van der Waals surface area contributed by atoms with Gasteiger partial charge in [-0.15, -0.1) is 0 Å². The van der Waals surface area contributed by atoms with E-state index in [1.165, 1.54) is 82.0 Å². The van der Waals surface area contributed by atoms with E-state index in [1.807, 2.05) is 88.4 Å². The number of hydrogen-bond acceptors (Lipinski definition) is 8. The third kappa shape index (κ3) is 13.7. The molecular weight excluding hydrogens is 1310 g/mol. The van der Waals surface area contributed by atoms with Crippen LogP contribution in [0.15, 0.2) is 364 Å². The van der Waals surface area contributed by atoms with E-state index in [0.29, 0.717) is 0 Å². The Hall–Kier alpha value is -14.1. The maximum absolute atomic E-state index is 4.83. The lowest BCUT2D eigenvalue weighted by atomic mass is 9.93. The highest BCUT2D eigenvalue weighted by atomic mass is 14.9. The van der Waals surface area contributed by atoms with E-state index < -0.39 is 0 Å². The molecule has 0 bridgehead atoms. The van der Waals surface area contributed by atoms with Gasteiger partial charge in [0.2, 0.25) is 0 Å². The summed E-state index contributed by atoms with van der Waals surface area (Å²) in [5, 5.41) is 14.3. The van der Waals surface area contributed by atoms with Gasteiger partial charge >= 0.3 is 0 Å². The van der Waals surface area contributed by atoms with Crippen molar-refractivity contribution in [2.24, 2.45) is 0 Å². The fourth-order valence-corrected chi connectivity index (χ4v) is 15.0. The Labute approximate surface area is 627 Å². The molecule has 0 saturated carbocycles. The molecule has 4 heterocycles. The molecule has 108 heavy (non-hydrogen) atoms. The topological polar surface area (TPSA) is 103 Å². The van der Waals surface area contributed by atoms with Crippen molar-refractivity contribution in [3.8, 4) is 89.5 Å². The minimum Gasteiger partial charge on any atom is -0.233 e. The summed E-state index contributed by atoms with van der Waals surface area (Å²) in [6.45, 7) is 7.82. The largest absolute Gasteiger partial charge is 0.233 e. The zero-order valence-corrected chi connectivity index (χ0v) is 60.2. The Morgan fingerprint density at radius 3 is 1.00 bits per heavy atom. The van der Waals surface area contributed by atoms with Crippen LogP contribution in [-0.2, 0) is 0 Å². The van der Waals surface area contributed by atoms with Crippen molar-refractivity contribution in [2.45, 2.75) is 27.7 Å². The Morgan fingerprint density at radius 2 is 0.491 bits per heavy atom. The van der Waals surface area contributed by atoms with Crippen molar-refractivity contribution < 1.29 is 0 Å². The monoisotopic (exact) mass is 1380 g/mol. The highest BCUT2D eigenvalue weighted by molar-refractivity contribution is 6.11. The SMILES string of the molecule is Cc1nc(-c2ccccc2)c2c(-c3cccc4ccccc34)cccc2n1.Cc1nc(-c2ccccc2)c2cc(-c3cccc4ccccc34)ccc2n1.Cc1nc(-c2ccccc2)c2ccc(-c3cccc4ccccc34)cc2n1.Cc1nc(-c2ccccc2)c2cccc(-c3cccc4ccccc34)c2n1. The van der Waals surface area contributed by atoms with Crippen molar-refractivity contribution >= 4 is 86.7 Å². The van der Waals surface area contributed by atoms with Gasteiger partial charge in [-0.1, -0.05) is 334 Å². The van der Waals surface area contributed by atoms with Gasteiger partial charge in [-0.3, -0.25) is 0 Å². The lowest BCUT2D eigenvalue weighted by molar-refractivity contribution is 1.10. The molecule has 0 radical (unpaired) electrons. The number of fused-ring (bicyclic) bond motifs is 8. The highest BCUT2D eigenvalue weighted by Crippen LogP contribution is 2.41. The molecule has 512 valence electrons. The standard InChI is InChI=1S/4C25H18N2/c1-17-26-23-16-8-15-22(21-14-7-12-18-9-5-6-13-20(18)21)24(23)25(27-17)19-10-3-2-4-11-19;1-17-26-24(19-10-3-2-4-11-19)23-16-8-15-22(25(23)27-17)21-14-7-12-18-9-5-6-13-20(18)21;1-17-26-24-15-14-20(22-13-7-11-18-8-5-6-12-21(18)22)16-23(24)25(27-17)19-9-3-2-4-10-19;1-17-26-24-16-20(22-13-7-11-18-8-5-6-12-21(18)22)14-15-23(24)25(27-17)19-9-3-2-4-10-19/h4*2-16H,1H3. The molecule has 4 aromatic heterocycles. The van der Waals surface area contributed by atoms with Crippen LogP contribution in [-0.4, -0.2) is 39.9 Å². The average molecular weight is 1390 g/mol. The van der Waals surface area contributed by atoms with Gasteiger partial charge in [0.1, 0.15) is 23.3 Å². The van der Waals surface area contributed by atoms with Crippen LogP contribution in [0.5, 0.6) is 0 Å². The van der Waals surface area contributed by atoms with E-state index in [2.05, 4.69) is 308 Å². The Balaban J connectivity index is 0.000000105. The van der Waals surface area contributed by atoms with Crippen molar-refractivity contribution in [1.82, 2.24) is 39.9 Å². The summed E-state index contributed by atoms with van der Waals surface area (Å²) >= 11 is 0. The maximum atomic E-state index is 4.83. The second-order valence-corrected chi connectivity index (χ2v) is 26.9. The van der Waals surface area contributed by atoms with Crippen LogP contribution in [0.25, 0.3) is 176 Å². The summed E-state index contributed by atoms with van der Waals surface area (Å²) in [5.74, 6) is 3.15.